The molecule has 0 fully saturated rings. The Morgan fingerprint density at radius 3 is 2.81 bits per heavy atom. The number of H-pyrrole nitrogens is 1. The molecule has 0 bridgehead atoms. The van der Waals surface area contributed by atoms with Crippen molar-refractivity contribution in [1.29, 1.82) is 0 Å². The highest BCUT2D eigenvalue weighted by atomic mass is 16.6. The second-order valence-corrected chi connectivity index (χ2v) is 4.67. The van der Waals surface area contributed by atoms with Crippen LogP contribution in [0, 0.1) is 17.0 Å². The number of aromatic amines is 1. The fourth-order valence-corrected chi connectivity index (χ4v) is 2.07. The van der Waals surface area contributed by atoms with Gasteiger partial charge in [0, 0.05) is 29.6 Å². The van der Waals surface area contributed by atoms with Crippen molar-refractivity contribution in [3.63, 3.8) is 0 Å². The third-order valence-corrected chi connectivity index (χ3v) is 3.22. The van der Waals surface area contributed by atoms with Crippen LogP contribution in [0.25, 0.3) is 0 Å². The van der Waals surface area contributed by atoms with Crippen molar-refractivity contribution in [2.45, 2.75) is 26.3 Å². The Morgan fingerprint density at radius 1 is 1.52 bits per heavy atom. The molecule has 1 atom stereocenters. The van der Waals surface area contributed by atoms with E-state index in [-0.39, 0.29) is 17.6 Å². The molecule has 110 valence electrons. The molecule has 21 heavy (non-hydrogen) atoms. The van der Waals surface area contributed by atoms with Gasteiger partial charge in [-0.3, -0.25) is 14.9 Å². The van der Waals surface area contributed by atoms with Gasteiger partial charge in [0.25, 0.3) is 11.6 Å². The van der Waals surface area contributed by atoms with E-state index >= 15 is 0 Å². The Kier molecular flexibility index (Phi) is 4.32. The minimum absolute atomic E-state index is 0.00428. The van der Waals surface area contributed by atoms with Crippen molar-refractivity contribution in [2.75, 3.05) is 0 Å². The fraction of sp³-hybridized carbons (Fsp3) is 0.286. The normalized spacial score (nSPS) is 11.9. The summed E-state index contributed by atoms with van der Waals surface area (Å²) in [4.78, 5) is 29.6. The second-order valence-electron chi connectivity index (χ2n) is 4.67. The van der Waals surface area contributed by atoms with Crippen LogP contribution in [-0.2, 0) is 0 Å². The second kappa shape index (κ2) is 6.17. The molecule has 1 aromatic heterocycles. The van der Waals surface area contributed by atoms with Gasteiger partial charge in [-0.05, 0) is 25.5 Å². The number of rotatable bonds is 5. The molecule has 2 rings (SSSR count). The standard InChI is InChI=1S/C14H16N4O3/c1-3-11(13-15-6-7-16-13)17-14(19)10-4-5-12(18(20)21)9(2)8-10/h4-8,11H,3H2,1-2H3,(H,15,16)(H,17,19). The number of hydrogen-bond donors (Lipinski definition) is 2. The van der Waals surface area contributed by atoms with E-state index in [1.807, 2.05) is 6.92 Å². The average Bonchev–Trinajstić information content (AvgIpc) is 2.97. The third kappa shape index (κ3) is 3.25. The van der Waals surface area contributed by atoms with Crippen LogP contribution in [0.4, 0.5) is 5.69 Å². The Hall–Kier alpha value is -2.70. The average molecular weight is 288 g/mol. The van der Waals surface area contributed by atoms with E-state index in [1.165, 1.54) is 18.2 Å². The maximum absolute atomic E-state index is 12.2. The first-order valence-corrected chi connectivity index (χ1v) is 6.58. The molecule has 0 aliphatic carbocycles. The van der Waals surface area contributed by atoms with Crippen molar-refractivity contribution in [3.8, 4) is 0 Å². The summed E-state index contributed by atoms with van der Waals surface area (Å²) in [6.07, 6.45) is 4.01. The van der Waals surface area contributed by atoms with Crippen molar-refractivity contribution >= 4 is 11.6 Å². The van der Waals surface area contributed by atoms with Gasteiger partial charge in [-0.15, -0.1) is 0 Å². The molecule has 0 saturated carbocycles. The summed E-state index contributed by atoms with van der Waals surface area (Å²) in [6, 6.07) is 4.10. The van der Waals surface area contributed by atoms with Crippen LogP contribution in [0.3, 0.4) is 0 Å². The Morgan fingerprint density at radius 2 is 2.29 bits per heavy atom. The lowest BCUT2D eigenvalue weighted by molar-refractivity contribution is -0.385. The lowest BCUT2D eigenvalue weighted by Crippen LogP contribution is -2.29. The molecular formula is C14H16N4O3. The maximum atomic E-state index is 12.2. The van der Waals surface area contributed by atoms with E-state index in [0.717, 1.165) is 0 Å². The van der Waals surface area contributed by atoms with E-state index in [0.29, 0.717) is 23.4 Å². The minimum atomic E-state index is -0.464. The van der Waals surface area contributed by atoms with Gasteiger partial charge in [0.2, 0.25) is 0 Å². The quantitative estimate of drug-likeness (QED) is 0.652. The highest BCUT2D eigenvalue weighted by Crippen LogP contribution is 2.19. The van der Waals surface area contributed by atoms with Crippen LogP contribution in [0.2, 0.25) is 0 Å². The smallest absolute Gasteiger partial charge is 0.272 e. The van der Waals surface area contributed by atoms with Crippen LogP contribution >= 0.6 is 0 Å². The third-order valence-electron chi connectivity index (χ3n) is 3.22. The molecule has 0 spiro atoms. The molecular weight excluding hydrogens is 272 g/mol. The van der Waals surface area contributed by atoms with Crippen LogP contribution in [0.5, 0.6) is 0 Å². The molecule has 1 unspecified atom stereocenters. The molecule has 0 aliphatic rings. The first-order chi connectivity index (χ1) is 10.0. The van der Waals surface area contributed by atoms with E-state index < -0.39 is 4.92 Å². The molecule has 1 amide bonds. The SMILES string of the molecule is CCC(NC(=O)c1ccc([N+](=O)[O-])c(C)c1)c1ncc[nH]1. The first-order valence-electron chi connectivity index (χ1n) is 6.58. The highest BCUT2D eigenvalue weighted by Gasteiger charge is 2.18. The number of hydrogen-bond acceptors (Lipinski definition) is 4. The van der Waals surface area contributed by atoms with Gasteiger partial charge >= 0.3 is 0 Å². The zero-order valence-corrected chi connectivity index (χ0v) is 11.8. The van der Waals surface area contributed by atoms with Gasteiger partial charge in [-0.1, -0.05) is 6.92 Å². The number of carbonyl (C=O) groups excluding carboxylic acids is 1. The van der Waals surface area contributed by atoms with Crippen molar-refractivity contribution in [3.05, 3.63) is 57.7 Å². The molecule has 0 aliphatic heterocycles. The summed E-state index contributed by atoms with van der Waals surface area (Å²) < 4.78 is 0. The number of aryl methyl sites for hydroxylation is 1. The lowest BCUT2D eigenvalue weighted by Gasteiger charge is -2.14. The largest absolute Gasteiger partial charge is 0.347 e. The van der Waals surface area contributed by atoms with Crippen LogP contribution < -0.4 is 5.32 Å². The minimum Gasteiger partial charge on any atom is -0.347 e. The number of nitro groups is 1. The molecule has 2 aromatic rings. The van der Waals surface area contributed by atoms with Gasteiger partial charge in [0.1, 0.15) is 5.82 Å². The number of aromatic nitrogens is 2. The number of nitrogens with one attached hydrogen (secondary N) is 2. The Labute approximate surface area is 121 Å². The number of nitro benzene ring substituents is 1. The van der Waals surface area contributed by atoms with Crippen molar-refractivity contribution in [1.82, 2.24) is 15.3 Å². The Balaban J connectivity index is 2.16. The molecule has 0 saturated heterocycles. The van der Waals surface area contributed by atoms with Crippen LogP contribution in [0.1, 0.15) is 41.1 Å². The molecule has 2 N–H and O–H groups in total. The highest BCUT2D eigenvalue weighted by molar-refractivity contribution is 5.94. The van der Waals surface area contributed by atoms with E-state index in [9.17, 15) is 14.9 Å². The summed E-state index contributed by atoms with van der Waals surface area (Å²) in [5.74, 6) is 0.403. The molecule has 7 nitrogen and oxygen atoms in total. The summed E-state index contributed by atoms with van der Waals surface area (Å²) in [5.41, 5.74) is 0.853. The summed E-state index contributed by atoms with van der Waals surface area (Å²) in [5, 5.41) is 13.6. The van der Waals surface area contributed by atoms with E-state index in [2.05, 4.69) is 15.3 Å². The number of imidazole rings is 1. The summed E-state index contributed by atoms with van der Waals surface area (Å²) >= 11 is 0. The fourth-order valence-electron chi connectivity index (χ4n) is 2.07. The molecule has 7 heteroatoms. The zero-order chi connectivity index (χ0) is 15.4. The topological polar surface area (TPSA) is 101 Å². The monoisotopic (exact) mass is 288 g/mol. The number of nitrogens with zero attached hydrogens (tertiary/aromatic N) is 2. The van der Waals surface area contributed by atoms with Crippen molar-refractivity contribution < 1.29 is 9.72 Å². The van der Waals surface area contributed by atoms with Gasteiger partial charge in [0.15, 0.2) is 0 Å². The van der Waals surface area contributed by atoms with Gasteiger partial charge in [-0.2, -0.15) is 0 Å². The van der Waals surface area contributed by atoms with Crippen LogP contribution in [0.15, 0.2) is 30.6 Å². The lowest BCUT2D eigenvalue weighted by atomic mass is 10.1. The predicted molar refractivity (Wildman–Crippen MR) is 76.9 cm³/mol. The van der Waals surface area contributed by atoms with Gasteiger partial charge < -0.3 is 10.3 Å². The number of carbonyl (C=O) groups is 1. The number of amides is 1. The van der Waals surface area contributed by atoms with Crippen LogP contribution in [-0.4, -0.2) is 20.8 Å². The van der Waals surface area contributed by atoms with E-state index in [1.54, 1.807) is 19.3 Å². The van der Waals surface area contributed by atoms with Gasteiger partial charge in [-0.25, -0.2) is 4.98 Å². The zero-order valence-electron chi connectivity index (χ0n) is 11.8. The van der Waals surface area contributed by atoms with Crippen molar-refractivity contribution in [2.24, 2.45) is 0 Å². The predicted octanol–water partition coefficient (Wildman–Crippen LogP) is 2.51. The van der Waals surface area contributed by atoms with Gasteiger partial charge in [0.05, 0.1) is 11.0 Å². The molecule has 0 radical (unpaired) electrons. The molecule has 1 heterocycles. The first kappa shape index (κ1) is 14.7. The number of benzene rings is 1. The molecule has 1 aromatic carbocycles. The maximum Gasteiger partial charge on any atom is 0.272 e. The summed E-state index contributed by atoms with van der Waals surface area (Å²) in [7, 11) is 0. The van der Waals surface area contributed by atoms with E-state index in [4.69, 9.17) is 0 Å². The Bertz CT molecular complexity index is 652. The summed E-state index contributed by atoms with van der Waals surface area (Å²) in [6.45, 7) is 3.55.